The van der Waals surface area contributed by atoms with Crippen LogP contribution in [-0.4, -0.2) is 29.1 Å². The van der Waals surface area contributed by atoms with Gasteiger partial charge in [0.15, 0.2) is 0 Å². The van der Waals surface area contributed by atoms with E-state index in [1.165, 1.54) is 7.11 Å². The molecule has 0 radical (unpaired) electrons. The van der Waals surface area contributed by atoms with Gasteiger partial charge in [-0.25, -0.2) is 9.78 Å². The van der Waals surface area contributed by atoms with Gasteiger partial charge in [0.25, 0.3) is 0 Å². The highest BCUT2D eigenvalue weighted by Gasteiger charge is 1.99. The highest BCUT2D eigenvalue weighted by Crippen LogP contribution is 2.07. The zero-order valence-electron chi connectivity index (χ0n) is 9.21. The molecule has 0 unspecified atom stereocenters. The van der Waals surface area contributed by atoms with Crippen molar-refractivity contribution in [3.05, 3.63) is 36.0 Å². The van der Waals surface area contributed by atoms with Crippen molar-refractivity contribution in [3.63, 3.8) is 0 Å². The number of nitrogens with zero attached hydrogens (tertiary/aromatic N) is 1. The van der Waals surface area contributed by atoms with E-state index in [4.69, 9.17) is 9.84 Å². The molecule has 1 amide bonds. The van der Waals surface area contributed by atoms with E-state index in [0.29, 0.717) is 5.88 Å². The van der Waals surface area contributed by atoms with E-state index >= 15 is 0 Å². The van der Waals surface area contributed by atoms with Gasteiger partial charge in [0.05, 0.1) is 7.11 Å². The van der Waals surface area contributed by atoms with Gasteiger partial charge in [0.1, 0.15) is 0 Å². The van der Waals surface area contributed by atoms with Crippen molar-refractivity contribution >= 4 is 11.9 Å². The average molecular weight is 236 g/mol. The van der Waals surface area contributed by atoms with Crippen LogP contribution in [0.1, 0.15) is 5.56 Å². The number of amides is 1. The molecule has 1 rings (SSSR count). The van der Waals surface area contributed by atoms with Gasteiger partial charge in [-0.15, -0.1) is 0 Å². The number of hydrogen-bond donors (Lipinski definition) is 2. The van der Waals surface area contributed by atoms with Crippen LogP contribution in [0.4, 0.5) is 0 Å². The lowest BCUT2D eigenvalue weighted by Crippen LogP contribution is -2.20. The second-order valence-corrected chi connectivity index (χ2v) is 3.10. The van der Waals surface area contributed by atoms with Crippen LogP contribution in [0.25, 0.3) is 0 Å². The topological polar surface area (TPSA) is 88.5 Å². The van der Waals surface area contributed by atoms with Crippen LogP contribution < -0.4 is 10.1 Å². The van der Waals surface area contributed by atoms with Crippen molar-refractivity contribution in [2.75, 3.05) is 7.11 Å². The lowest BCUT2D eigenvalue weighted by molar-refractivity contribution is -0.131. The first-order valence-electron chi connectivity index (χ1n) is 4.79. The molecular formula is C11H12N2O4. The molecule has 0 atom stereocenters. The maximum Gasteiger partial charge on any atom is 0.328 e. The number of pyridine rings is 1. The Balaban J connectivity index is 2.49. The number of carbonyl (C=O) groups excluding carboxylic acids is 1. The van der Waals surface area contributed by atoms with Crippen molar-refractivity contribution in [1.29, 1.82) is 0 Å². The van der Waals surface area contributed by atoms with Crippen LogP contribution >= 0.6 is 0 Å². The third kappa shape index (κ3) is 4.78. The minimum Gasteiger partial charge on any atom is -0.481 e. The molecule has 0 bridgehead atoms. The van der Waals surface area contributed by atoms with E-state index in [9.17, 15) is 9.59 Å². The molecule has 0 saturated carbocycles. The number of methoxy groups -OCH3 is 1. The van der Waals surface area contributed by atoms with E-state index < -0.39 is 11.9 Å². The van der Waals surface area contributed by atoms with Gasteiger partial charge in [-0.3, -0.25) is 4.79 Å². The van der Waals surface area contributed by atoms with E-state index in [-0.39, 0.29) is 6.54 Å². The fraction of sp³-hybridized carbons (Fsp3) is 0.182. The summed E-state index contributed by atoms with van der Waals surface area (Å²) in [5.41, 5.74) is 0.814. The summed E-state index contributed by atoms with van der Waals surface area (Å²) in [6, 6.07) is 3.41. The van der Waals surface area contributed by atoms with E-state index in [0.717, 1.165) is 17.7 Å². The number of carbonyl (C=O) groups is 2. The molecule has 17 heavy (non-hydrogen) atoms. The first-order chi connectivity index (χ1) is 8.11. The fourth-order valence-corrected chi connectivity index (χ4v) is 1.07. The summed E-state index contributed by atoms with van der Waals surface area (Å²) in [4.78, 5) is 25.3. The summed E-state index contributed by atoms with van der Waals surface area (Å²) >= 11 is 0. The maximum atomic E-state index is 11.2. The Labute approximate surface area is 97.9 Å². The number of aliphatic carboxylic acids is 1. The summed E-state index contributed by atoms with van der Waals surface area (Å²) < 4.78 is 4.93. The monoisotopic (exact) mass is 236 g/mol. The van der Waals surface area contributed by atoms with Crippen molar-refractivity contribution in [3.8, 4) is 5.88 Å². The van der Waals surface area contributed by atoms with Gasteiger partial charge in [0, 0.05) is 31.0 Å². The molecule has 0 fully saturated rings. The Morgan fingerprint density at radius 3 is 2.94 bits per heavy atom. The highest BCUT2D eigenvalue weighted by atomic mass is 16.5. The Morgan fingerprint density at radius 2 is 2.29 bits per heavy atom. The van der Waals surface area contributed by atoms with Crippen molar-refractivity contribution in [1.82, 2.24) is 10.3 Å². The molecule has 90 valence electrons. The van der Waals surface area contributed by atoms with Crippen molar-refractivity contribution in [2.24, 2.45) is 0 Å². The summed E-state index contributed by atoms with van der Waals surface area (Å²) in [5.74, 6) is -1.17. The third-order valence-corrected chi connectivity index (χ3v) is 1.85. The number of carboxylic acids is 1. The standard InChI is InChI=1S/C11H12N2O4/c1-17-10-6-8(4-5-12-10)7-13-9(14)2-3-11(15)16/h2-6H,7H2,1H3,(H,13,14)(H,15,16). The Kier molecular flexibility index (Phi) is 4.68. The largest absolute Gasteiger partial charge is 0.481 e. The Bertz CT molecular complexity index is 443. The van der Waals surface area contributed by atoms with Crippen molar-refractivity contribution in [2.45, 2.75) is 6.54 Å². The van der Waals surface area contributed by atoms with Crippen LogP contribution in [0.15, 0.2) is 30.5 Å². The summed E-state index contributed by atoms with van der Waals surface area (Å²) in [7, 11) is 1.50. The van der Waals surface area contributed by atoms with Crippen LogP contribution in [0.3, 0.4) is 0 Å². The molecule has 1 aromatic heterocycles. The number of ether oxygens (including phenoxy) is 1. The molecule has 0 spiro atoms. The quantitative estimate of drug-likeness (QED) is 0.720. The molecular weight excluding hydrogens is 224 g/mol. The number of aromatic nitrogens is 1. The van der Waals surface area contributed by atoms with Gasteiger partial charge < -0.3 is 15.2 Å². The van der Waals surface area contributed by atoms with Gasteiger partial charge in [-0.1, -0.05) is 0 Å². The minimum atomic E-state index is -1.16. The normalized spacial score (nSPS) is 10.2. The summed E-state index contributed by atoms with van der Waals surface area (Å²) in [6.45, 7) is 0.279. The first-order valence-corrected chi connectivity index (χ1v) is 4.79. The third-order valence-electron chi connectivity index (χ3n) is 1.85. The highest BCUT2D eigenvalue weighted by molar-refractivity contribution is 5.93. The SMILES string of the molecule is COc1cc(CNC(=O)C=CC(=O)O)ccn1. The van der Waals surface area contributed by atoms with Gasteiger partial charge >= 0.3 is 5.97 Å². The zero-order chi connectivity index (χ0) is 12.7. The Hall–Kier alpha value is -2.37. The van der Waals surface area contributed by atoms with Crippen LogP contribution in [0, 0.1) is 0 Å². The van der Waals surface area contributed by atoms with Crippen LogP contribution in [0.5, 0.6) is 5.88 Å². The predicted molar refractivity (Wildman–Crippen MR) is 59.4 cm³/mol. The van der Waals surface area contributed by atoms with E-state index in [1.54, 1.807) is 18.3 Å². The number of carboxylic acid groups (broad SMARTS) is 1. The molecule has 0 aliphatic rings. The average Bonchev–Trinajstić information content (AvgIpc) is 2.34. The maximum absolute atomic E-state index is 11.2. The second kappa shape index (κ2) is 6.26. The molecule has 0 saturated heterocycles. The van der Waals surface area contributed by atoms with Gasteiger partial charge in [-0.05, 0) is 11.6 Å². The summed E-state index contributed by atoms with van der Waals surface area (Å²) in [5, 5.41) is 10.9. The van der Waals surface area contributed by atoms with Crippen LogP contribution in [-0.2, 0) is 16.1 Å². The zero-order valence-corrected chi connectivity index (χ0v) is 9.21. The molecule has 1 aromatic rings. The molecule has 0 aliphatic heterocycles. The van der Waals surface area contributed by atoms with Gasteiger partial charge in [0.2, 0.25) is 11.8 Å². The fourth-order valence-electron chi connectivity index (χ4n) is 1.07. The molecule has 6 nitrogen and oxygen atoms in total. The van der Waals surface area contributed by atoms with Gasteiger partial charge in [-0.2, -0.15) is 0 Å². The molecule has 2 N–H and O–H groups in total. The number of nitrogens with one attached hydrogen (secondary N) is 1. The van der Waals surface area contributed by atoms with Crippen LogP contribution in [0.2, 0.25) is 0 Å². The Morgan fingerprint density at radius 1 is 1.53 bits per heavy atom. The molecule has 6 heteroatoms. The smallest absolute Gasteiger partial charge is 0.328 e. The lowest BCUT2D eigenvalue weighted by atomic mass is 10.2. The van der Waals surface area contributed by atoms with E-state index in [2.05, 4.69) is 10.3 Å². The van der Waals surface area contributed by atoms with Crippen molar-refractivity contribution < 1.29 is 19.4 Å². The molecule has 0 aliphatic carbocycles. The van der Waals surface area contributed by atoms with E-state index in [1.807, 2.05) is 0 Å². The minimum absolute atomic E-state index is 0.279. The number of hydrogen-bond acceptors (Lipinski definition) is 4. The second-order valence-electron chi connectivity index (χ2n) is 3.10. The lowest BCUT2D eigenvalue weighted by Gasteiger charge is -2.04. The first kappa shape index (κ1) is 12.7. The molecule has 1 heterocycles. The molecule has 0 aromatic carbocycles. The number of rotatable bonds is 5. The predicted octanol–water partition coefficient (Wildman–Crippen LogP) is 0.347. The summed E-state index contributed by atoms with van der Waals surface area (Å²) in [6.07, 6.45) is 3.30.